The molecule has 1 aliphatic heterocycles. The van der Waals surface area contributed by atoms with E-state index in [1.54, 1.807) is 13.0 Å². The quantitative estimate of drug-likeness (QED) is 0.835. The van der Waals surface area contributed by atoms with Gasteiger partial charge in [0, 0.05) is 18.7 Å². The van der Waals surface area contributed by atoms with Gasteiger partial charge in [0.05, 0.1) is 0 Å². The van der Waals surface area contributed by atoms with Crippen LogP contribution < -0.4 is 0 Å². The molecule has 0 aliphatic carbocycles. The average Bonchev–Trinajstić information content (AvgIpc) is 2.62. The number of benzene rings is 1. The van der Waals surface area contributed by atoms with Crippen LogP contribution in [0.15, 0.2) is 23.2 Å². The van der Waals surface area contributed by atoms with Crippen LogP contribution in [-0.4, -0.2) is 27.2 Å². The van der Waals surface area contributed by atoms with Gasteiger partial charge in [-0.2, -0.15) is 0 Å². The van der Waals surface area contributed by atoms with Crippen molar-refractivity contribution >= 4 is 22.6 Å². The van der Waals surface area contributed by atoms with Crippen molar-refractivity contribution < 1.29 is 9.90 Å². The molecule has 1 aliphatic rings. The van der Waals surface area contributed by atoms with E-state index in [2.05, 4.69) is 4.99 Å². The highest BCUT2D eigenvalue weighted by Gasteiger charge is 2.36. The van der Waals surface area contributed by atoms with Crippen molar-refractivity contribution in [2.45, 2.75) is 26.3 Å². The Balaban J connectivity index is 0.00000162. The molecule has 0 spiro atoms. The maximum absolute atomic E-state index is 11.5. The Morgan fingerprint density at radius 2 is 2.17 bits per heavy atom. The number of Topliss-reactive ketones (excluding diaryl/α,β-unsaturated/α-hetero) is 1. The Kier molecular flexibility index (Phi) is 4.12. The highest BCUT2D eigenvalue weighted by molar-refractivity contribution is 8.14. The standard InChI is InChI=1S/C13H15NO2S.CH3/c1-8-4-5-10(11(16)6-8)12-14-13(3,7-17-12)9(2)15;/h4-6,16H,7H2,1-3H3;1H3/q;+1/t13-;/m1./s1. The number of phenols is 1. The Morgan fingerprint density at radius 3 is 2.67 bits per heavy atom. The summed E-state index contributed by atoms with van der Waals surface area (Å²) in [4.78, 5) is 16.0. The first-order chi connectivity index (χ1) is 7.92. The van der Waals surface area contributed by atoms with E-state index >= 15 is 0 Å². The summed E-state index contributed by atoms with van der Waals surface area (Å²) in [5, 5.41) is 10.6. The summed E-state index contributed by atoms with van der Waals surface area (Å²) in [6.45, 7) is 5.31. The minimum Gasteiger partial charge on any atom is -0.507 e. The Bertz CT molecular complexity index is 511. The van der Waals surface area contributed by atoms with Crippen molar-refractivity contribution in [3.05, 3.63) is 36.8 Å². The van der Waals surface area contributed by atoms with E-state index in [0.29, 0.717) is 11.3 Å². The second-order valence-corrected chi connectivity index (χ2v) is 5.52. The topological polar surface area (TPSA) is 49.7 Å². The highest BCUT2D eigenvalue weighted by atomic mass is 32.2. The minimum atomic E-state index is -0.642. The summed E-state index contributed by atoms with van der Waals surface area (Å²) in [6.07, 6.45) is 0. The first-order valence-electron chi connectivity index (χ1n) is 5.46. The molecule has 0 unspecified atom stereocenters. The van der Waals surface area contributed by atoms with E-state index in [1.807, 2.05) is 26.0 Å². The summed E-state index contributed by atoms with van der Waals surface area (Å²) in [5.41, 5.74) is 1.08. The molecule has 1 aromatic carbocycles. The van der Waals surface area contributed by atoms with Crippen molar-refractivity contribution in [1.82, 2.24) is 0 Å². The number of rotatable bonds is 2. The predicted octanol–water partition coefficient (Wildman–Crippen LogP) is 2.99. The lowest BCUT2D eigenvalue weighted by molar-refractivity contribution is -0.120. The number of thioether (sulfide) groups is 1. The largest absolute Gasteiger partial charge is 0.507 e. The van der Waals surface area contributed by atoms with Gasteiger partial charge in [-0.3, -0.25) is 9.79 Å². The van der Waals surface area contributed by atoms with Crippen molar-refractivity contribution in [3.63, 3.8) is 0 Å². The molecule has 0 radical (unpaired) electrons. The molecule has 4 heteroatoms. The highest BCUT2D eigenvalue weighted by Crippen LogP contribution is 2.34. The van der Waals surface area contributed by atoms with Crippen molar-refractivity contribution in [2.75, 3.05) is 5.75 Å². The van der Waals surface area contributed by atoms with Crippen LogP contribution >= 0.6 is 11.8 Å². The molecule has 96 valence electrons. The Morgan fingerprint density at radius 1 is 1.50 bits per heavy atom. The molecule has 0 bridgehead atoms. The SMILES string of the molecule is CC(=O)[C@@]1(C)CSC(c2ccc(C)cc2O)=N1.[CH3+]. The molecule has 0 saturated heterocycles. The van der Waals surface area contributed by atoms with E-state index < -0.39 is 5.54 Å². The van der Waals surface area contributed by atoms with Gasteiger partial charge in [-0.15, -0.1) is 11.8 Å². The van der Waals surface area contributed by atoms with Crippen LogP contribution in [0.4, 0.5) is 0 Å². The van der Waals surface area contributed by atoms with E-state index in [-0.39, 0.29) is 19.0 Å². The summed E-state index contributed by atoms with van der Waals surface area (Å²) >= 11 is 1.52. The third-order valence-electron chi connectivity index (χ3n) is 2.98. The monoisotopic (exact) mass is 264 g/mol. The molecular formula is C14H18NO2S+. The van der Waals surface area contributed by atoms with Crippen molar-refractivity contribution in [3.8, 4) is 5.75 Å². The first-order valence-corrected chi connectivity index (χ1v) is 6.44. The fourth-order valence-corrected chi connectivity index (χ4v) is 2.92. The maximum atomic E-state index is 11.5. The lowest BCUT2D eigenvalue weighted by Crippen LogP contribution is -2.31. The second kappa shape index (κ2) is 5.06. The number of carbonyl (C=O) groups is 1. The Labute approximate surface area is 112 Å². The van der Waals surface area contributed by atoms with Crippen LogP contribution in [0.25, 0.3) is 0 Å². The lowest BCUT2D eigenvalue weighted by Gasteiger charge is -2.14. The lowest BCUT2D eigenvalue weighted by atomic mass is 10.0. The number of aliphatic imine (C=N–C) groups is 1. The molecule has 0 saturated carbocycles. The van der Waals surface area contributed by atoms with E-state index in [0.717, 1.165) is 10.6 Å². The van der Waals surface area contributed by atoms with Crippen LogP contribution in [0.2, 0.25) is 0 Å². The van der Waals surface area contributed by atoms with E-state index in [1.165, 1.54) is 11.8 Å². The molecule has 1 N–H and O–H groups in total. The molecule has 0 aromatic heterocycles. The minimum absolute atomic E-state index is 0. The number of hydrogen-bond acceptors (Lipinski definition) is 4. The molecule has 0 fully saturated rings. The molecular weight excluding hydrogens is 246 g/mol. The number of carbonyl (C=O) groups excluding carboxylic acids is 1. The number of hydrogen-bond donors (Lipinski definition) is 1. The number of phenolic OH excluding ortho intramolecular Hbond substituents is 1. The smallest absolute Gasteiger partial charge is 0.157 e. The summed E-state index contributed by atoms with van der Waals surface area (Å²) in [5.74, 6) is 0.931. The van der Waals surface area contributed by atoms with Gasteiger partial charge in [0.2, 0.25) is 0 Å². The maximum Gasteiger partial charge on any atom is 0.157 e. The van der Waals surface area contributed by atoms with Gasteiger partial charge in [0.1, 0.15) is 16.3 Å². The second-order valence-electron chi connectivity index (χ2n) is 4.56. The van der Waals surface area contributed by atoms with E-state index in [4.69, 9.17) is 0 Å². The number of nitrogens with zero attached hydrogens (tertiary/aromatic N) is 1. The summed E-state index contributed by atoms with van der Waals surface area (Å²) in [6, 6.07) is 5.49. The van der Waals surface area contributed by atoms with Crippen LogP contribution in [0, 0.1) is 14.4 Å². The third-order valence-corrected chi connectivity index (χ3v) is 4.27. The van der Waals surface area contributed by atoms with Gasteiger partial charge in [0.25, 0.3) is 0 Å². The average molecular weight is 264 g/mol. The zero-order chi connectivity index (χ0) is 12.6. The Hall–Kier alpha value is -1.42. The van der Waals surface area contributed by atoms with Gasteiger partial charge in [-0.05, 0) is 38.5 Å². The zero-order valence-electron chi connectivity index (χ0n) is 11.2. The predicted molar refractivity (Wildman–Crippen MR) is 77.3 cm³/mol. The fraction of sp³-hybridized carbons (Fsp3) is 0.357. The first kappa shape index (κ1) is 14.6. The van der Waals surface area contributed by atoms with Crippen LogP contribution in [-0.2, 0) is 4.79 Å². The van der Waals surface area contributed by atoms with Crippen LogP contribution in [0.1, 0.15) is 25.0 Å². The van der Waals surface area contributed by atoms with Gasteiger partial charge in [0.15, 0.2) is 5.78 Å². The van der Waals surface area contributed by atoms with Crippen molar-refractivity contribution in [2.24, 2.45) is 4.99 Å². The molecule has 2 rings (SSSR count). The third kappa shape index (κ3) is 2.53. The number of aryl methyl sites for hydroxylation is 1. The molecule has 0 amide bonds. The van der Waals surface area contributed by atoms with Gasteiger partial charge in [-0.25, -0.2) is 0 Å². The van der Waals surface area contributed by atoms with Crippen molar-refractivity contribution in [1.29, 1.82) is 0 Å². The molecule has 18 heavy (non-hydrogen) atoms. The summed E-state index contributed by atoms with van der Waals surface area (Å²) < 4.78 is 0. The van der Waals surface area contributed by atoms with E-state index in [9.17, 15) is 9.90 Å². The van der Waals surface area contributed by atoms with Gasteiger partial charge >= 0.3 is 0 Å². The number of aromatic hydroxyl groups is 1. The zero-order valence-corrected chi connectivity index (χ0v) is 12.0. The summed E-state index contributed by atoms with van der Waals surface area (Å²) in [7, 11) is 0. The van der Waals surface area contributed by atoms with Gasteiger partial charge in [-0.1, -0.05) is 6.07 Å². The van der Waals surface area contributed by atoms with Crippen LogP contribution in [0.3, 0.4) is 0 Å². The number of ketones is 1. The normalized spacial score (nSPS) is 22.3. The fourth-order valence-electron chi connectivity index (χ4n) is 1.64. The molecule has 1 atom stereocenters. The van der Waals surface area contributed by atoms with Gasteiger partial charge < -0.3 is 5.11 Å². The molecule has 1 aromatic rings. The molecule has 1 heterocycles. The molecule has 3 nitrogen and oxygen atoms in total. The van der Waals surface area contributed by atoms with Crippen LogP contribution in [0.5, 0.6) is 5.75 Å².